The molecule has 92 valence electrons. The highest BCUT2D eigenvalue weighted by Gasteiger charge is 2.39. The van der Waals surface area contributed by atoms with Gasteiger partial charge in [0.2, 0.25) is 5.91 Å². The smallest absolute Gasteiger partial charge is 0.226 e. The summed E-state index contributed by atoms with van der Waals surface area (Å²) < 4.78 is 0. The maximum atomic E-state index is 12.4. The third-order valence-electron chi connectivity index (χ3n) is 4.50. The minimum Gasteiger partial charge on any atom is -0.338 e. The van der Waals surface area contributed by atoms with Crippen molar-refractivity contribution < 1.29 is 4.79 Å². The van der Waals surface area contributed by atoms with Crippen LogP contribution in [0, 0.1) is 17.8 Å². The fraction of sp³-hybridized carbons (Fsp3) is 0.923. The van der Waals surface area contributed by atoms with Gasteiger partial charge in [0.05, 0.1) is 0 Å². The van der Waals surface area contributed by atoms with E-state index in [-0.39, 0.29) is 12.0 Å². The van der Waals surface area contributed by atoms with E-state index in [0.717, 1.165) is 19.4 Å². The van der Waals surface area contributed by atoms with Gasteiger partial charge in [0.15, 0.2) is 0 Å². The molecule has 1 aliphatic heterocycles. The summed E-state index contributed by atoms with van der Waals surface area (Å²) in [6.07, 6.45) is 4.63. The van der Waals surface area contributed by atoms with Crippen molar-refractivity contribution in [1.82, 2.24) is 4.90 Å². The molecule has 1 saturated carbocycles. The Bertz CT molecular complexity index is 269. The van der Waals surface area contributed by atoms with Crippen LogP contribution in [0.4, 0.5) is 0 Å². The number of amides is 1. The molecule has 3 heteroatoms. The number of hydrogen-bond donors (Lipinski definition) is 0. The summed E-state index contributed by atoms with van der Waals surface area (Å²) in [6.45, 7) is 5.34. The van der Waals surface area contributed by atoms with Gasteiger partial charge in [-0.3, -0.25) is 4.79 Å². The molecule has 0 aromatic carbocycles. The van der Waals surface area contributed by atoms with Crippen molar-refractivity contribution in [3.8, 4) is 0 Å². The van der Waals surface area contributed by atoms with Crippen LogP contribution in [0.3, 0.4) is 0 Å². The molecule has 1 heterocycles. The number of hydrogen-bond acceptors (Lipinski definition) is 1. The van der Waals surface area contributed by atoms with Gasteiger partial charge in [-0.1, -0.05) is 20.3 Å². The second kappa shape index (κ2) is 4.95. The van der Waals surface area contributed by atoms with Crippen LogP contribution < -0.4 is 0 Å². The lowest BCUT2D eigenvalue weighted by Gasteiger charge is -2.29. The molecule has 0 N–H and O–H groups in total. The number of rotatable bonds is 2. The molecule has 16 heavy (non-hydrogen) atoms. The normalized spacial score (nSPS) is 39.3. The van der Waals surface area contributed by atoms with Crippen LogP contribution in [0.5, 0.6) is 0 Å². The fourth-order valence-corrected chi connectivity index (χ4v) is 3.71. The van der Waals surface area contributed by atoms with E-state index in [9.17, 15) is 4.79 Å². The molecule has 1 aliphatic carbocycles. The zero-order chi connectivity index (χ0) is 11.7. The fourth-order valence-electron chi connectivity index (χ4n) is 3.24. The molecule has 0 radical (unpaired) electrons. The second-order valence-corrected chi connectivity index (χ2v) is 5.84. The Hall–Kier alpha value is -0.240. The van der Waals surface area contributed by atoms with Gasteiger partial charge in [-0.15, -0.1) is 11.6 Å². The first-order valence-corrected chi connectivity index (χ1v) is 7.05. The summed E-state index contributed by atoms with van der Waals surface area (Å²) in [5.41, 5.74) is 0. The quantitative estimate of drug-likeness (QED) is 0.683. The summed E-state index contributed by atoms with van der Waals surface area (Å²) in [6, 6.07) is 0.280. The van der Waals surface area contributed by atoms with Crippen molar-refractivity contribution in [3.05, 3.63) is 0 Å². The third-order valence-corrected chi connectivity index (χ3v) is 4.82. The molecular formula is C13H22ClNO. The summed E-state index contributed by atoms with van der Waals surface area (Å²) in [5, 5.41) is 0. The molecule has 2 nitrogen and oxygen atoms in total. The van der Waals surface area contributed by atoms with E-state index in [1.807, 2.05) is 0 Å². The van der Waals surface area contributed by atoms with Gasteiger partial charge in [0.1, 0.15) is 0 Å². The number of carbonyl (C=O) groups is 1. The zero-order valence-electron chi connectivity index (χ0n) is 10.3. The van der Waals surface area contributed by atoms with Crippen LogP contribution in [0.1, 0.15) is 39.5 Å². The van der Waals surface area contributed by atoms with Crippen molar-refractivity contribution >= 4 is 17.5 Å². The Morgan fingerprint density at radius 2 is 2.00 bits per heavy atom. The van der Waals surface area contributed by atoms with Gasteiger partial charge in [0.25, 0.3) is 0 Å². The van der Waals surface area contributed by atoms with E-state index in [0.29, 0.717) is 23.6 Å². The Kier molecular flexibility index (Phi) is 3.78. The third kappa shape index (κ3) is 2.09. The predicted octanol–water partition coefficient (Wildman–Crippen LogP) is 2.90. The van der Waals surface area contributed by atoms with Crippen molar-refractivity contribution in [2.24, 2.45) is 17.8 Å². The van der Waals surface area contributed by atoms with Gasteiger partial charge in [-0.25, -0.2) is 0 Å². The maximum absolute atomic E-state index is 12.4. The standard InChI is InChI=1S/C13H22ClNO/c1-9-4-3-5-11(9)13(16)15-7-6-10(2)12(15)8-14/h9-12H,3-8H2,1-2H3. The van der Waals surface area contributed by atoms with Crippen LogP contribution in [0.2, 0.25) is 0 Å². The lowest BCUT2D eigenvalue weighted by Crippen LogP contribution is -2.42. The molecule has 4 atom stereocenters. The average molecular weight is 244 g/mol. The predicted molar refractivity (Wildman–Crippen MR) is 66.5 cm³/mol. The molecule has 0 aromatic rings. The summed E-state index contributed by atoms with van der Waals surface area (Å²) >= 11 is 5.99. The molecule has 2 fully saturated rings. The first kappa shape index (κ1) is 12.2. The number of nitrogens with zero attached hydrogens (tertiary/aromatic N) is 1. The Morgan fingerprint density at radius 1 is 1.25 bits per heavy atom. The van der Waals surface area contributed by atoms with E-state index in [4.69, 9.17) is 11.6 Å². The van der Waals surface area contributed by atoms with Gasteiger partial charge < -0.3 is 4.90 Å². The molecule has 2 rings (SSSR count). The lowest BCUT2D eigenvalue weighted by molar-refractivity contribution is -0.137. The second-order valence-electron chi connectivity index (χ2n) is 5.53. The molecule has 0 spiro atoms. The highest BCUT2D eigenvalue weighted by molar-refractivity contribution is 6.18. The largest absolute Gasteiger partial charge is 0.338 e. The summed E-state index contributed by atoms with van der Waals surface area (Å²) in [7, 11) is 0. The van der Waals surface area contributed by atoms with Crippen molar-refractivity contribution in [2.45, 2.75) is 45.6 Å². The minimum atomic E-state index is 0.274. The summed E-state index contributed by atoms with van der Waals surface area (Å²) in [5.74, 6) is 2.38. The van der Waals surface area contributed by atoms with Gasteiger partial charge in [-0.05, 0) is 31.1 Å². The van der Waals surface area contributed by atoms with Crippen LogP contribution in [-0.2, 0) is 4.79 Å². The lowest BCUT2D eigenvalue weighted by atomic mass is 9.96. The molecule has 1 saturated heterocycles. The highest BCUT2D eigenvalue weighted by Crippen LogP contribution is 2.35. The minimum absolute atomic E-state index is 0.274. The van der Waals surface area contributed by atoms with Crippen LogP contribution in [-0.4, -0.2) is 29.3 Å². The average Bonchev–Trinajstić information content (AvgIpc) is 2.83. The van der Waals surface area contributed by atoms with Crippen LogP contribution in [0.25, 0.3) is 0 Å². The van der Waals surface area contributed by atoms with Crippen LogP contribution in [0.15, 0.2) is 0 Å². The number of likely N-dealkylation sites (tertiary alicyclic amines) is 1. The Balaban J connectivity index is 2.04. The topological polar surface area (TPSA) is 20.3 Å². The van der Waals surface area contributed by atoms with Crippen molar-refractivity contribution in [1.29, 1.82) is 0 Å². The SMILES string of the molecule is CC1CCCC1C(=O)N1CCC(C)C1CCl. The number of alkyl halides is 1. The Morgan fingerprint density at radius 3 is 2.56 bits per heavy atom. The molecule has 1 amide bonds. The van der Waals surface area contributed by atoms with Crippen LogP contribution >= 0.6 is 11.6 Å². The van der Waals surface area contributed by atoms with E-state index in [2.05, 4.69) is 18.7 Å². The molecule has 0 bridgehead atoms. The molecule has 4 unspecified atom stereocenters. The van der Waals surface area contributed by atoms with E-state index >= 15 is 0 Å². The van der Waals surface area contributed by atoms with E-state index in [1.54, 1.807) is 0 Å². The number of carbonyl (C=O) groups excluding carboxylic acids is 1. The first-order valence-electron chi connectivity index (χ1n) is 6.51. The van der Waals surface area contributed by atoms with E-state index in [1.165, 1.54) is 12.8 Å². The number of halogens is 1. The van der Waals surface area contributed by atoms with Gasteiger partial charge in [0, 0.05) is 24.4 Å². The monoisotopic (exact) mass is 243 g/mol. The zero-order valence-corrected chi connectivity index (χ0v) is 11.0. The summed E-state index contributed by atoms with van der Waals surface area (Å²) in [4.78, 5) is 14.5. The first-order chi connectivity index (χ1) is 7.65. The van der Waals surface area contributed by atoms with Gasteiger partial charge >= 0.3 is 0 Å². The van der Waals surface area contributed by atoms with Crippen molar-refractivity contribution in [3.63, 3.8) is 0 Å². The van der Waals surface area contributed by atoms with E-state index < -0.39 is 0 Å². The Labute approximate surface area is 103 Å². The van der Waals surface area contributed by atoms with Crippen molar-refractivity contribution in [2.75, 3.05) is 12.4 Å². The maximum Gasteiger partial charge on any atom is 0.226 e. The molecular weight excluding hydrogens is 222 g/mol. The molecule has 0 aromatic heterocycles. The van der Waals surface area contributed by atoms with Gasteiger partial charge in [-0.2, -0.15) is 0 Å². The molecule has 2 aliphatic rings. The highest BCUT2D eigenvalue weighted by atomic mass is 35.5.